The molecule has 0 aromatic heterocycles. The van der Waals surface area contributed by atoms with Crippen LogP contribution in [0.15, 0.2) is 28.7 Å². The molecule has 5 heteroatoms. The normalized spacial score (nSPS) is 12.1. The van der Waals surface area contributed by atoms with E-state index in [9.17, 15) is 9.59 Å². The third-order valence-corrected chi connectivity index (χ3v) is 2.90. The van der Waals surface area contributed by atoms with Gasteiger partial charge in [0.2, 0.25) is 5.91 Å². The number of carbonyl (C=O) groups excluding carboxylic acids is 2. The molecule has 1 aromatic carbocycles. The van der Waals surface area contributed by atoms with E-state index in [1.54, 1.807) is 13.8 Å². The van der Waals surface area contributed by atoms with E-state index < -0.39 is 12.0 Å². The summed E-state index contributed by atoms with van der Waals surface area (Å²) in [4.78, 5) is 23.1. The molecule has 1 amide bonds. The fraction of sp³-hybridized carbons (Fsp3) is 0.429. The van der Waals surface area contributed by atoms with Gasteiger partial charge >= 0.3 is 5.97 Å². The number of carbonyl (C=O) groups is 2. The van der Waals surface area contributed by atoms with Crippen molar-refractivity contribution in [2.75, 3.05) is 0 Å². The molecule has 0 saturated heterocycles. The van der Waals surface area contributed by atoms with E-state index in [0.717, 1.165) is 10.0 Å². The van der Waals surface area contributed by atoms with Gasteiger partial charge in [-0.3, -0.25) is 4.79 Å². The number of hydrogen-bond donors (Lipinski definition) is 1. The lowest BCUT2D eigenvalue weighted by molar-refractivity contribution is -0.151. The van der Waals surface area contributed by atoms with Crippen LogP contribution < -0.4 is 5.32 Å². The van der Waals surface area contributed by atoms with Gasteiger partial charge in [0, 0.05) is 17.8 Å². The number of rotatable bonds is 5. The van der Waals surface area contributed by atoms with Crippen LogP contribution in [0, 0.1) is 0 Å². The quantitative estimate of drug-likeness (QED) is 0.845. The molecule has 0 spiro atoms. The second-order valence-corrected chi connectivity index (χ2v) is 5.49. The van der Waals surface area contributed by atoms with Crippen molar-refractivity contribution >= 4 is 27.8 Å². The van der Waals surface area contributed by atoms with Gasteiger partial charge in [0.05, 0.1) is 6.10 Å². The molecule has 1 N–H and O–H groups in total. The first kappa shape index (κ1) is 15.7. The molecule has 104 valence electrons. The van der Waals surface area contributed by atoms with Gasteiger partial charge in [0.1, 0.15) is 6.04 Å². The van der Waals surface area contributed by atoms with E-state index in [1.165, 1.54) is 6.92 Å². The molecule has 1 aromatic rings. The molecule has 4 nitrogen and oxygen atoms in total. The van der Waals surface area contributed by atoms with Crippen LogP contribution in [0.1, 0.15) is 26.3 Å². The van der Waals surface area contributed by atoms with Gasteiger partial charge in [0.25, 0.3) is 0 Å². The zero-order valence-corrected chi connectivity index (χ0v) is 12.9. The molecule has 1 rings (SSSR count). The lowest BCUT2D eigenvalue weighted by atomic mass is 10.1. The maximum Gasteiger partial charge on any atom is 0.329 e. The number of nitrogens with one attached hydrogen (secondary N) is 1. The first-order chi connectivity index (χ1) is 8.88. The summed E-state index contributed by atoms with van der Waals surface area (Å²) in [6.45, 7) is 4.95. The van der Waals surface area contributed by atoms with Crippen molar-refractivity contribution in [3.8, 4) is 0 Å². The predicted molar refractivity (Wildman–Crippen MR) is 76.7 cm³/mol. The number of hydrogen-bond acceptors (Lipinski definition) is 3. The Labute approximate surface area is 121 Å². The van der Waals surface area contributed by atoms with Crippen LogP contribution >= 0.6 is 15.9 Å². The number of esters is 1. The molecule has 0 aliphatic rings. The molecule has 19 heavy (non-hydrogen) atoms. The Kier molecular flexibility index (Phi) is 6.02. The SMILES string of the molecule is CC(=O)NC(Cc1ccc(Br)cc1)C(=O)OC(C)C. The van der Waals surface area contributed by atoms with Crippen LogP contribution in [-0.4, -0.2) is 24.0 Å². The summed E-state index contributed by atoms with van der Waals surface area (Å²) in [6, 6.07) is 6.95. The number of halogens is 1. The third-order valence-electron chi connectivity index (χ3n) is 2.37. The van der Waals surface area contributed by atoms with Crippen molar-refractivity contribution in [2.45, 2.75) is 39.3 Å². The molecule has 0 bridgehead atoms. The zero-order valence-electron chi connectivity index (χ0n) is 11.3. The van der Waals surface area contributed by atoms with Gasteiger partial charge in [-0.25, -0.2) is 4.79 Å². The Hall–Kier alpha value is -1.36. The van der Waals surface area contributed by atoms with Crippen molar-refractivity contribution < 1.29 is 14.3 Å². The zero-order chi connectivity index (χ0) is 14.4. The summed E-state index contributed by atoms with van der Waals surface area (Å²) < 4.78 is 6.12. The molecule has 0 aliphatic heterocycles. The number of benzene rings is 1. The summed E-state index contributed by atoms with van der Waals surface area (Å²) in [5.74, 6) is -0.657. The average Bonchev–Trinajstić information content (AvgIpc) is 2.29. The summed E-state index contributed by atoms with van der Waals surface area (Å²) in [6.07, 6.45) is 0.215. The largest absolute Gasteiger partial charge is 0.461 e. The lowest BCUT2D eigenvalue weighted by Gasteiger charge is -2.18. The van der Waals surface area contributed by atoms with Gasteiger partial charge in [-0.1, -0.05) is 28.1 Å². The van der Waals surface area contributed by atoms with Gasteiger partial charge in [-0.05, 0) is 31.5 Å². The minimum absolute atomic E-state index is 0.200. The van der Waals surface area contributed by atoms with E-state index in [1.807, 2.05) is 24.3 Å². The van der Waals surface area contributed by atoms with E-state index in [2.05, 4.69) is 21.2 Å². The van der Waals surface area contributed by atoms with Gasteiger partial charge < -0.3 is 10.1 Å². The maximum absolute atomic E-state index is 11.9. The van der Waals surface area contributed by atoms with Crippen molar-refractivity contribution in [2.24, 2.45) is 0 Å². The van der Waals surface area contributed by atoms with E-state index in [0.29, 0.717) is 6.42 Å². The molecule has 0 saturated carbocycles. The first-order valence-electron chi connectivity index (χ1n) is 6.10. The van der Waals surface area contributed by atoms with Gasteiger partial charge in [0.15, 0.2) is 0 Å². The maximum atomic E-state index is 11.9. The van der Waals surface area contributed by atoms with Crippen LogP contribution in [-0.2, 0) is 20.7 Å². The van der Waals surface area contributed by atoms with Crippen LogP contribution in [0.4, 0.5) is 0 Å². The predicted octanol–water partition coefficient (Wildman–Crippen LogP) is 2.45. The standard InChI is InChI=1S/C14H18BrNO3/c1-9(2)19-14(18)13(16-10(3)17)8-11-4-6-12(15)7-5-11/h4-7,9,13H,8H2,1-3H3,(H,16,17). The third kappa shape index (κ3) is 5.87. The Morgan fingerprint density at radius 3 is 2.32 bits per heavy atom. The minimum atomic E-state index is -0.652. The van der Waals surface area contributed by atoms with Crippen LogP contribution in [0.5, 0.6) is 0 Å². The van der Waals surface area contributed by atoms with E-state index in [4.69, 9.17) is 4.74 Å². The number of ether oxygens (including phenoxy) is 1. The monoisotopic (exact) mass is 327 g/mol. The molecule has 0 aliphatic carbocycles. The summed E-state index contributed by atoms with van der Waals surface area (Å²) in [5, 5.41) is 2.62. The lowest BCUT2D eigenvalue weighted by Crippen LogP contribution is -2.43. The van der Waals surface area contributed by atoms with Crippen molar-refractivity contribution in [3.05, 3.63) is 34.3 Å². The highest BCUT2D eigenvalue weighted by Crippen LogP contribution is 2.12. The Bertz CT molecular complexity index is 443. The minimum Gasteiger partial charge on any atom is -0.461 e. The highest BCUT2D eigenvalue weighted by molar-refractivity contribution is 9.10. The van der Waals surface area contributed by atoms with Crippen molar-refractivity contribution in [1.29, 1.82) is 0 Å². The average molecular weight is 328 g/mol. The van der Waals surface area contributed by atoms with Crippen molar-refractivity contribution in [1.82, 2.24) is 5.32 Å². The summed E-state index contributed by atoms with van der Waals surface area (Å²) in [7, 11) is 0. The smallest absolute Gasteiger partial charge is 0.329 e. The second kappa shape index (κ2) is 7.28. The Morgan fingerprint density at radius 2 is 1.84 bits per heavy atom. The fourth-order valence-electron chi connectivity index (χ4n) is 1.61. The van der Waals surface area contributed by atoms with Crippen LogP contribution in [0.25, 0.3) is 0 Å². The highest BCUT2D eigenvalue weighted by atomic mass is 79.9. The Morgan fingerprint density at radius 1 is 1.26 bits per heavy atom. The molecule has 0 radical (unpaired) electrons. The number of amides is 1. The summed E-state index contributed by atoms with van der Waals surface area (Å²) in [5.41, 5.74) is 0.961. The van der Waals surface area contributed by atoms with Crippen LogP contribution in [0.3, 0.4) is 0 Å². The molecule has 0 heterocycles. The van der Waals surface area contributed by atoms with Gasteiger partial charge in [-0.2, -0.15) is 0 Å². The Balaban J connectivity index is 2.76. The molecular formula is C14H18BrNO3. The molecular weight excluding hydrogens is 310 g/mol. The topological polar surface area (TPSA) is 55.4 Å². The first-order valence-corrected chi connectivity index (χ1v) is 6.90. The van der Waals surface area contributed by atoms with Gasteiger partial charge in [-0.15, -0.1) is 0 Å². The molecule has 1 atom stereocenters. The molecule has 1 unspecified atom stereocenters. The van der Waals surface area contributed by atoms with Crippen LogP contribution in [0.2, 0.25) is 0 Å². The molecule has 0 fully saturated rings. The van der Waals surface area contributed by atoms with E-state index >= 15 is 0 Å². The summed E-state index contributed by atoms with van der Waals surface area (Å²) >= 11 is 3.35. The van der Waals surface area contributed by atoms with E-state index in [-0.39, 0.29) is 12.0 Å². The highest BCUT2D eigenvalue weighted by Gasteiger charge is 2.22. The van der Waals surface area contributed by atoms with Crippen molar-refractivity contribution in [3.63, 3.8) is 0 Å². The second-order valence-electron chi connectivity index (χ2n) is 4.57. The fourth-order valence-corrected chi connectivity index (χ4v) is 1.87.